The van der Waals surface area contributed by atoms with Crippen LogP contribution in [0.25, 0.3) is 0 Å². The maximum atomic E-state index is 13.3. The number of hydrogen-bond donors (Lipinski definition) is 1. The summed E-state index contributed by atoms with van der Waals surface area (Å²) >= 11 is 0. The van der Waals surface area contributed by atoms with Gasteiger partial charge in [0.25, 0.3) is 15.9 Å². The first-order chi connectivity index (χ1) is 15.0. The van der Waals surface area contributed by atoms with Gasteiger partial charge in [-0.05, 0) is 42.3 Å². The average Bonchev–Trinajstić information content (AvgIpc) is 3.24. The van der Waals surface area contributed by atoms with Gasteiger partial charge in [-0.15, -0.1) is 0 Å². The van der Waals surface area contributed by atoms with E-state index in [0.717, 1.165) is 16.9 Å². The number of amides is 1. The SMILES string of the molecule is O=C(N[C@@H]1CCOc2ccccc21)c1cccc(S(=O)(=O)N2CCc3ccccc32)c1. The summed E-state index contributed by atoms with van der Waals surface area (Å²) in [5.74, 6) is 0.462. The predicted molar refractivity (Wildman–Crippen MR) is 118 cm³/mol. The first kappa shape index (κ1) is 19.6. The number of sulfonamides is 1. The van der Waals surface area contributed by atoms with Crippen LogP contribution in [0.4, 0.5) is 5.69 Å². The highest BCUT2D eigenvalue weighted by molar-refractivity contribution is 7.92. The van der Waals surface area contributed by atoms with Gasteiger partial charge in [-0.2, -0.15) is 0 Å². The zero-order valence-corrected chi connectivity index (χ0v) is 17.6. The van der Waals surface area contributed by atoms with Crippen molar-refractivity contribution in [2.24, 2.45) is 0 Å². The second-order valence-corrected chi connectivity index (χ2v) is 9.55. The van der Waals surface area contributed by atoms with E-state index < -0.39 is 10.0 Å². The van der Waals surface area contributed by atoms with Gasteiger partial charge in [0.2, 0.25) is 0 Å². The number of ether oxygens (including phenoxy) is 1. The Morgan fingerprint density at radius 2 is 1.81 bits per heavy atom. The summed E-state index contributed by atoms with van der Waals surface area (Å²) in [7, 11) is -3.76. The van der Waals surface area contributed by atoms with Crippen LogP contribution >= 0.6 is 0 Å². The molecule has 2 aliphatic rings. The molecule has 2 heterocycles. The van der Waals surface area contributed by atoms with Crippen molar-refractivity contribution in [1.82, 2.24) is 5.32 Å². The Hall–Kier alpha value is -3.32. The number of anilines is 1. The molecule has 0 saturated heterocycles. The molecule has 0 aliphatic carbocycles. The fourth-order valence-corrected chi connectivity index (χ4v) is 5.77. The number of carbonyl (C=O) groups is 1. The fourth-order valence-electron chi connectivity index (χ4n) is 4.22. The molecule has 6 nitrogen and oxygen atoms in total. The van der Waals surface area contributed by atoms with Crippen LogP contribution < -0.4 is 14.4 Å². The minimum absolute atomic E-state index is 0.115. The summed E-state index contributed by atoms with van der Waals surface area (Å²) < 4.78 is 33.7. The highest BCUT2D eigenvalue weighted by Crippen LogP contribution is 2.34. The summed E-state index contributed by atoms with van der Waals surface area (Å²) in [6.07, 6.45) is 1.34. The van der Waals surface area contributed by atoms with Crippen LogP contribution in [-0.2, 0) is 16.4 Å². The lowest BCUT2D eigenvalue weighted by atomic mass is 10.00. The molecule has 158 valence electrons. The lowest BCUT2D eigenvalue weighted by Crippen LogP contribution is -2.32. The predicted octanol–water partition coefficient (Wildman–Crippen LogP) is 3.69. The minimum atomic E-state index is -3.76. The number of rotatable bonds is 4. The van der Waals surface area contributed by atoms with E-state index in [4.69, 9.17) is 4.74 Å². The van der Waals surface area contributed by atoms with Crippen molar-refractivity contribution in [3.8, 4) is 5.75 Å². The van der Waals surface area contributed by atoms with E-state index in [2.05, 4.69) is 5.32 Å². The van der Waals surface area contributed by atoms with Gasteiger partial charge in [0.1, 0.15) is 5.75 Å². The third kappa shape index (κ3) is 3.55. The summed E-state index contributed by atoms with van der Waals surface area (Å²) in [4.78, 5) is 13.1. The smallest absolute Gasteiger partial charge is 0.264 e. The van der Waals surface area contributed by atoms with Crippen molar-refractivity contribution in [2.75, 3.05) is 17.5 Å². The number of nitrogens with one attached hydrogen (secondary N) is 1. The third-order valence-electron chi connectivity index (χ3n) is 5.79. The maximum Gasteiger partial charge on any atom is 0.264 e. The van der Waals surface area contributed by atoms with E-state index in [1.54, 1.807) is 12.1 Å². The Balaban J connectivity index is 1.40. The topological polar surface area (TPSA) is 75.7 Å². The van der Waals surface area contributed by atoms with E-state index in [1.807, 2.05) is 48.5 Å². The van der Waals surface area contributed by atoms with Gasteiger partial charge in [-0.25, -0.2) is 8.42 Å². The second-order valence-electron chi connectivity index (χ2n) is 7.68. The molecule has 0 fully saturated rings. The van der Waals surface area contributed by atoms with Gasteiger partial charge in [-0.3, -0.25) is 9.10 Å². The monoisotopic (exact) mass is 434 g/mol. The first-order valence-corrected chi connectivity index (χ1v) is 11.7. The quantitative estimate of drug-likeness (QED) is 0.680. The van der Waals surface area contributed by atoms with Crippen molar-refractivity contribution in [1.29, 1.82) is 0 Å². The van der Waals surface area contributed by atoms with Gasteiger partial charge >= 0.3 is 0 Å². The van der Waals surface area contributed by atoms with Gasteiger partial charge < -0.3 is 10.1 Å². The first-order valence-electron chi connectivity index (χ1n) is 10.3. The molecule has 0 saturated carbocycles. The maximum absolute atomic E-state index is 13.3. The summed E-state index contributed by atoms with van der Waals surface area (Å²) in [6, 6.07) is 21.2. The molecule has 0 aromatic heterocycles. The summed E-state index contributed by atoms with van der Waals surface area (Å²) in [5, 5.41) is 3.03. The molecule has 1 amide bonds. The van der Waals surface area contributed by atoms with Crippen molar-refractivity contribution in [3.05, 3.63) is 89.5 Å². The molecule has 3 aromatic rings. The third-order valence-corrected chi connectivity index (χ3v) is 7.60. The largest absolute Gasteiger partial charge is 0.493 e. The lowest BCUT2D eigenvalue weighted by molar-refractivity contribution is 0.0924. The zero-order valence-electron chi connectivity index (χ0n) is 16.8. The Kier molecular flexibility index (Phi) is 4.90. The minimum Gasteiger partial charge on any atom is -0.493 e. The molecule has 3 aromatic carbocycles. The highest BCUT2D eigenvalue weighted by Gasteiger charge is 2.31. The molecule has 2 aliphatic heterocycles. The number of fused-ring (bicyclic) bond motifs is 2. The van der Waals surface area contributed by atoms with Gasteiger partial charge in [0, 0.05) is 24.1 Å². The molecule has 1 atom stereocenters. The normalized spacial score (nSPS) is 17.4. The van der Waals surface area contributed by atoms with Crippen LogP contribution in [0.15, 0.2) is 77.7 Å². The van der Waals surface area contributed by atoms with Gasteiger partial charge in [0.15, 0.2) is 0 Å². The van der Waals surface area contributed by atoms with Crippen LogP contribution in [0.3, 0.4) is 0 Å². The van der Waals surface area contributed by atoms with Crippen molar-refractivity contribution in [3.63, 3.8) is 0 Å². The summed E-state index contributed by atoms with van der Waals surface area (Å²) in [6.45, 7) is 0.918. The lowest BCUT2D eigenvalue weighted by Gasteiger charge is -2.26. The number of benzene rings is 3. The molecule has 5 rings (SSSR count). The van der Waals surface area contributed by atoms with Gasteiger partial charge in [0.05, 0.1) is 23.2 Å². The molecule has 0 bridgehead atoms. The van der Waals surface area contributed by atoms with Crippen LogP contribution in [0.2, 0.25) is 0 Å². The Labute approximate surface area is 181 Å². The van der Waals surface area contributed by atoms with Crippen LogP contribution in [0.5, 0.6) is 5.75 Å². The molecular weight excluding hydrogens is 412 g/mol. The summed E-state index contributed by atoms with van der Waals surface area (Å²) in [5.41, 5.74) is 2.96. The van der Waals surface area contributed by atoms with Crippen molar-refractivity contribution >= 4 is 21.6 Å². The average molecular weight is 435 g/mol. The zero-order chi connectivity index (χ0) is 21.4. The Morgan fingerprint density at radius 1 is 1.00 bits per heavy atom. The molecule has 31 heavy (non-hydrogen) atoms. The van der Waals surface area contributed by atoms with Crippen molar-refractivity contribution < 1.29 is 17.9 Å². The van der Waals surface area contributed by atoms with E-state index in [0.29, 0.717) is 37.2 Å². The number of para-hydroxylation sites is 2. The number of hydrogen-bond acceptors (Lipinski definition) is 4. The van der Waals surface area contributed by atoms with Crippen molar-refractivity contribution in [2.45, 2.75) is 23.8 Å². The molecule has 1 N–H and O–H groups in total. The van der Waals surface area contributed by atoms with Gasteiger partial charge in [-0.1, -0.05) is 42.5 Å². The van der Waals surface area contributed by atoms with E-state index in [1.165, 1.54) is 16.4 Å². The highest BCUT2D eigenvalue weighted by atomic mass is 32.2. The molecule has 7 heteroatoms. The Morgan fingerprint density at radius 3 is 2.71 bits per heavy atom. The van der Waals surface area contributed by atoms with E-state index >= 15 is 0 Å². The molecule has 0 spiro atoms. The number of nitrogens with zero attached hydrogens (tertiary/aromatic N) is 1. The standard InChI is InChI=1S/C24H22N2O4S/c27-24(25-21-13-15-30-23-11-4-2-9-20(21)23)18-7-5-8-19(16-18)31(28,29)26-14-12-17-6-1-3-10-22(17)26/h1-11,16,21H,12-15H2,(H,25,27)/t21-/m1/s1. The molecule has 0 unspecified atom stereocenters. The van der Waals surface area contributed by atoms with E-state index in [9.17, 15) is 13.2 Å². The fraction of sp³-hybridized carbons (Fsp3) is 0.208. The van der Waals surface area contributed by atoms with Crippen LogP contribution in [0, 0.1) is 0 Å². The Bertz CT molecular complexity index is 1260. The molecular formula is C24H22N2O4S. The second kappa shape index (κ2) is 7.74. The van der Waals surface area contributed by atoms with E-state index in [-0.39, 0.29) is 16.8 Å². The van der Waals surface area contributed by atoms with Crippen LogP contribution in [-0.4, -0.2) is 27.5 Å². The van der Waals surface area contributed by atoms with Crippen LogP contribution in [0.1, 0.15) is 33.9 Å². The number of carbonyl (C=O) groups excluding carboxylic acids is 1. The molecule has 0 radical (unpaired) electrons.